The van der Waals surface area contributed by atoms with Crippen LogP contribution in [0.3, 0.4) is 0 Å². The van der Waals surface area contributed by atoms with Crippen molar-refractivity contribution in [3.05, 3.63) is 65.2 Å². The van der Waals surface area contributed by atoms with Gasteiger partial charge in [0, 0.05) is 30.4 Å². The van der Waals surface area contributed by atoms with Crippen LogP contribution in [-0.4, -0.2) is 29.8 Å². The highest BCUT2D eigenvalue weighted by molar-refractivity contribution is 6.05. The number of carbonyl (C=O) groups is 2. The fraction of sp³-hybridized carbons (Fsp3) is 0.222. The summed E-state index contributed by atoms with van der Waals surface area (Å²) in [6.07, 6.45) is 0. The molecule has 0 unspecified atom stereocenters. The van der Waals surface area contributed by atoms with Crippen LogP contribution in [-0.2, 0) is 0 Å². The van der Waals surface area contributed by atoms with Gasteiger partial charge < -0.3 is 10.2 Å². The first-order valence-electron chi connectivity index (χ1n) is 7.62. The van der Waals surface area contributed by atoms with Gasteiger partial charge in [0.1, 0.15) is 11.6 Å². The van der Waals surface area contributed by atoms with Crippen LogP contribution in [0, 0.1) is 11.6 Å². The number of rotatable bonds is 5. The number of anilines is 1. The molecule has 2 amide bonds. The predicted molar refractivity (Wildman–Crippen MR) is 88.0 cm³/mol. The van der Waals surface area contributed by atoms with E-state index in [0.717, 1.165) is 12.1 Å². The number of halogens is 2. The first-order chi connectivity index (χ1) is 11.5. The SMILES string of the molecule is CCN(CC)C(=O)c1cccc(NC(=O)c2ccc(F)cc2F)c1. The molecule has 0 fully saturated rings. The van der Waals surface area contributed by atoms with Gasteiger partial charge in [-0.1, -0.05) is 6.07 Å². The van der Waals surface area contributed by atoms with Crippen molar-refractivity contribution in [2.24, 2.45) is 0 Å². The average molecular weight is 332 g/mol. The Hall–Kier alpha value is -2.76. The van der Waals surface area contributed by atoms with Gasteiger partial charge in [0.25, 0.3) is 11.8 Å². The number of carbonyl (C=O) groups excluding carboxylic acids is 2. The molecule has 24 heavy (non-hydrogen) atoms. The summed E-state index contributed by atoms with van der Waals surface area (Å²) < 4.78 is 26.6. The van der Waals surface area contributed by atoms with E-state index in [1.54, 1.807) is 23.1 Å². The molecule has 6 heteroatoms. The van der Waals surface area contributed by atoms with Crippen LogP contribution in [0.15, 0.2) is 42.5 Å². The molecular formula is C18H18F2N2O2. The molecule has 0 aliphatic rings. The van der Waals surface area contributed by atoms with E-state index in [-0.39, 0.29) is 11.5 Å². The molecule has 2 aromatic carbocycles. The Morgan fingerprint density at radius 2 is 1.75 bits per heavy atom. The molecule has 0 aliphatic carbocycles. The molecule has 0 aromatic heterocycles. The van der Waals surface area contributed by atoms with Gasteiger partial charge in [0.2, 0.25) is 0 Å². The average Bonchev–Trinajstić information content (AvgIpc) is 2.56. The highest BCUT2D eigenvalue weighted by Gasteiger charge is 2.15. The number of amides is 2. The maximum absolute atomic E-state index is 13.6. The van der Waals surface area contributed by atoms with Gasteiger partial charge >= 0.3 is 0 Å². The minimum absolute atomic E-state index is 0.149. The van der Waals surface area contributed by atoms with E-state index in [4.69, 9.17) is 0 Å². The van der Waals surface area contributed by atoms with Crippen molar-refractivity contribution in [3.63, 3.8) is 0 Å². The lowest BCUT2D eigenvalue weighted by Gasteiger charge is -2.19. The van der Waals surface area contributed by atoms with Crippen LogP contribution in [0.2, 0.25) is 0 Å². The van der Waals surface area contributed by atoms with Crippen molar-refractivity contribution in [1.82, 2.24) is 4.90 Å². The van der Waals surface area contributed by atoms with Crippen molar-refractivity contribution in [1.29, 1.82) is 0 Å². The fourth-order valence-electron chi connectivity index (χ4n) is 2.30. The highest BCUT2D eigenvalue weighted by atomic mass is 19.1. The summed E-state index contributed by atoms with van der Waals surface area (Å²) in [6.45, 7) is 4.91. The van der Waals surface area contributed by atoms with Gasteiger partial charge in [-0.2, -0.15) is 0 Å². The highest BCUT2D eigenvalue weighted by Crippen LogP contribution is 2.16. The molecule has 0 spiro atoms. The molecule has 1 N–H and O–H groups in total. The number of benzene rings is 2. The van der Waals surface area contributed by atoms with Crippen molar-refractivity contribution < 1.29 is 18.4 Å². The van der Waals surface area contributed by atoms with Crippen molar-refractivity contribution in [3.8, 4) is 0 Å². The standard InChI is InChI=1S/C18H18F2N2O2/c1-3-22(4-2)18(24)12-6-5-7-14(10-12)21-17(23)15-9-8-13(19)11-16(15)20/h5-11H,3-4H2,1-2H3,(H,21,23). The summed E-state index contributed by atoms with van der Waals surface area (Å²) in [7, 11) is 0. The second-order valence-corrected chi connectivity index (χ2v) is 5.14. The molecule has 0 saturated carbocycles. The van der Waals surface area contributed by atoms with Crippen LogP contribution in [0.25, 0.3) is 0 Å². The van der Waals surface area contributed by atoms with Gasteiger partial charge in [-0.05, 0) is 44.2 Å². The van der Waals surface area contributed by atoms with Crippen molar-refractivity contribution in [2.75, 3.05) is 18.4 Å². The Labute approximate surface area is 139 Å². The van der Waals surface area contributed by atoms with Crippen LogP contribution in [0.5, 0.6) is 0 Å². The second kappa shape index (κ2) is 7.68. The van der Waals surface area contributed by atoms with Gasteiger partial charge in [-0.15, -0.1) is 0 Å². The third-order valence-corrected chi connectivity index (χ3v) is 3.59. The van der Waals surface area contributed by atoms with E-state index in [9.17, 15) is 18.4 Å². The predicted octanol–water partition coefficient (Wildman–Crippen LogP) is 3.70. The Balaban J connectivity index is 2.20. The van der Waals surface area contributed by atoms with E-state index >= 15 is 0 Å². The second-order valence-electron chi connectivity index (χ2n) is 5.14. The van der Waals surface area contributed by atoms with Gasteiger partial charge in [0.15, 0.2) is 0 Å². The quantitative estimate of drug-likeness (QED) is 0.907. The molecule has 0 saturated heterocycles. The zero-order valence-corrected chi connectivity index (χ0v) is 13.5. The number of nitrogens with one attached hydrogen (secondary N) is 1. The summed E-state index contributed by atoms with van der Waals surface area (Å²) in [5, 5.41) is 2.52. The molecule has 0 heterocycles. The fourth-order valence-corrected chi connectivity index (χ4v) is 2.30. The molecule has 2 aromatic rings. The van der Waals surface area contributed by atoms with Crippen molar-refractivity contribution in [2.45, 2.75) is 13.8 Å². The summed E-state index contributed by atoms with van der Waals surface area (Å²) >= 11 is 0. The number of nitrogens with zero attached hydrogens (tertiary/aromatic N) is 1. The molecule has 0 aliphatic heterocycles. The monoisotopic (exact) mass is 332 g/mol. The Bertz CT molecular complexity index is 758. The Kier molecular flexibility index (Phi) is 5.63. The Morgan fingerprint density at radius 1 is 1.04 bits per heavy atom. The number of hydrogen-bond acceptors (Lipinski definition) is 2. The first-order valence-corrected chi connectivity index (χ1v) is 7.62. The molecule has 0 atom stereocenters. The zero-order chi connectivity index (χ0) is 17.7. The largest absolute Gasteiger partial charge is 0.339 e. The maximum Gasteiger partial charge on any atom is 0.258 e. The lowest BCUT2D eigenvalue weighted by molar-refractivity contribution is 0.0772. The maximum atomic E-state index is 13.6. The lowest BCUT2D eigenvalue weighted by atomic mass is 10.1. The zero-order valence-electron chi connectivity index (χ0n) is 13.5. The van der Waals surface area contributed by atoms with Crippen molar-refractivity contribution >= 4 is 17.5 Å². The summed E-state index contributed by atoms with van der Waals surface area (Å²) in [5.41, 5.74) is 0.523. The minimum Gasteiger partial charge on any atom is -0.339 e. The Morgan fingerprint density at radius 3 is 2.38 bits per heavy atom. The molecule has 126 valence electrons. The molecule has 0 radical (unpaired) electrons. The molecule has 2 rings (SSSR count). The first kappa shape index (κ1) is 17.6. The van der Waals surface area contributed by atoms with Crippen LogP contribution in [0.4, 0.5) is 14.5 Å². The van der Waals surface area contributed by atoms with Crippen LogP contribution >= 0.6 is 0 Å². The van der Waals surface area contributed by atoms with E-state index in [0.29, 0.717) is 30.4 Å². The van der Waals surface area contributed by atoms with Crippen LogP contribution in [0.1, 0.15) is 34.6 Å². The number of hydrogen-bond donors (Lipinski definition) is 1. The smallest absolute Gasteiger partial charge is 0.258 e. The lowest BCUT2D eigenvalue weighted by Crippen LogP contribution is -2.30. The van der Waals surface area contributed by atoms with E-state index in [1.165, 1.54) is 6.07 Å². The van der Waals surface area contributed by atoms with Crippen LogP contribution < -0.4 is 5.32 Å². The van der Waals surface area contributed by atoms with Gasteiger partial charge in [-0.3, -0.25) is 9.59 Å². The molecule has 0 bridgehead atoms. The van der Waals surface area contributed by atoms with Gasteiger partial charge in [-0.25, -0.2) is 8.78 Å². The third-order valence-electron chi connectivity index (χ3n) is 3.59. The van der Waals surface area contributed by atoms with Gasteiger partial charge in [0.05, 0.1) is 5.56 Å². The summed E-state index contributed by atoms with van der Waals surface area (Å²) in [5.74, 6) is -2.55. The topological polar surface area (TPSA) is 49.4 Å². The third kappa shape index (κ3) is 3.95. The molecule has 4 nitrogen and oxygen atoms in total. The normalized spacial score (nSPS) is 10.3. The molecular weight excluding hydrogens is 314 g/mol. The minimum atomic E-state index is -0.942. The van der Waals surface area contributed by atoms with E-state index in [2.05, 4.69) is 5.32 Å². The van der Waals surface area contributed by atoms with E-state index in [1.807, 2.05) is 13.8 Å². The summed E-state index contributed by atoms with van der Waals surface area (Å²) in [4.78, 5) is 26.1. The van der Waals surface area contributed by atoms with E-state index < -0.39 is 17.5 Å². The summed E-state index contributed by atoms with van der Waals surface area (Å²) in [6, 6.07) is 9.14.